The SMILES string of the molecule is C[C@@H]1CC[C@@]2(C)[C@H](CC[C@]3(C)[C@@H]2CC[C@@]3(C)C=O)[C@]1(C)Cc1cc(C(=O)O)ccc1O. The maximum atomic E-state index is 12.1. The third-order valence-corrected chi connectivity index (χ3v) is 10.8. The second-order valence-electron chi connectivity index (χ2n) is 11.9. The van der Waals surface area contributed by atoms with Crippen LogP contribution in [0.3, 0.4) is 0 Å². The predicted octanol–water partition coefficient (Wildman–Crippen LogP) is 6.11. The molecule has 0 saturated heterocycles. The lowest BCUT2D eigenvalue weighted by atomic mass is 9.39. The fourth-order valence-corrected chi connectivity index (χ4v) is 8.37. The molecule has 0 aliphatic heterocycles. The first-order valence-corrected chi connectivity index (χ1v) is 11.9. The number of hydrogen-bond donors (Lipinski definition) is 2. The lowest BCUT2D eigenvalue weighted by molar-refractivity contribution is -0.163. The van der Waals surface area contributed by atoms with Crippen molar-refractivity contribution < 1.29 is 19.8 Å². The molecule has 0 heterocycles. The summed E-state index contributed by atoms with van der Waals surface area (Å²) in [6.07, 6.45) is 8.49. The van der Waals surface area contributed by atoms with E-state index in [9.17, 15) is 19.8 Å². The monoisotopic (exact) mass is 426 g/mol. The van der Waals surface area contributed by atoms with Crippen LogP contribution in [0.2, 0.25) is 0 Å². The lowest BCUT2D eigenvalue weighted by Crippen LogP contribution is -2.58. The van der Waals surface area contributed by atoms with Crippen molar-refractivity contribution in [2.24, 2.45) is 39.4 Å². The Hall–Kier alpha value is -1.84. The van der Waals surface area contributed by atoms with Gasteiger partial charge < -0.3 is 15.0 Å². The van der Waals surface area contributed by atoms with Crippen LogP contribution in [0.5, 0.6) is 5.75 Å². The number of hydrogen-bond acceptors (Lipinski definition) is 3. The molecule has 1 aromatic carbocycles. The Morgan fingerprint density at radius 2 is 1.74 bits per heavy atom. The number of carboxylic acids is 1. The van der Waals surface area contributed by atoms with Crippen molar-refractivity contribution in [1.82, 2.24) is 0 Å². The summed E-state index contributed by atoms with van der Waals surface area (Å²) in [4.78, 5) is 23.6. The molecule has 4 rings (SSSR count). The Morgan fingerprint density at radius 3 is 2.39 bits per heavy atom. The number of carboxylic acid groups (broad SMARTS) is 1. The normalized spacial score (nSPS) is 44.4. The van der Waals surface area contributed by atoms with Crippen LogP contribution < -0.4 is 0 Å². The number of phenolic OH excluding ortho intramolecular Hbond substituents is 1. The summed E-state index contributed by atoms with van der Waals surface area (Å²) in [6.45, 7) is 11.7. The van der Waals surface area contributed by atoms with E-state index >= 15 is 0 Å². The van der Waals surface area contributed by atoms with E-state index in [1.54, 1.807) is 6.07 Å². The van der Waals surface area contributed by atoms with E-state index in [2.05, 4.69) is 34.6 Å². The van der Waals surface area contributed by atoms with Gasteiger partial charge in [-0.3, -0.25) is 0 Å². The van der Waals surface area contributed by atoms with Gasteiger partial charge in [-0.15, -0.1) is 0 Å². The average Bonchev–Trinajstić information content (AvgIpc) is 2.99. The van der Waals surface area contributed by atoms with Crippen LogP contribution in [-0.4, -0.2) is 22.5 Å². The topological polar surface area (TPSA) is 74.6 Å². The molecule has 3 saturated carbocycles. The van der Waals surface area contributed by atoms with Gasteiger partial charge in [-0.2, -0.15) is 0 Å². The molecule has 0 radical (unpaired) electrons. The molecule has 0 unspecified atom stereocenters. The fourth-order valence-electron chi connectivity index (χ4n) is 8.37. The van der Waals surface area contributed by atoms with Crippen LogP contribution in [0.4, 0.5) is 0 Å². The van der Waals surface area contributed by atoms with Gasteiger partial charge >= 0.3 is 5.97 Å². The molecule has 170 valence electrons. The van der Waals surface area contributed by atoms with Crippen molar-refractivity contribution in [3.05, 3.63) is 29.3 Å². The van der Waals surface area contributed by atoms with Crippen molar-refractivity contribution in [3.63, 3.8) is 0 Å². The standard InChI is InChI=1S/C27H38O4/c1-17-8-12-25(3)21(10-13-27(5)22(25)9-11-24(27,2)16-28)26(17,4)15-19-14-18(23(30)31)6-7-20(19)29/h6-7,14,16-17,21-22,29H,8-13,15H2,1-5H3,(H,30,31)/t17-,21+,22-,24+,25+,26-,27-/m1/s1. The van der Waals surface area contributed by atoms with Crippen molar-refractivity contribution in [1.29, 1.82) is 0 Å². The molecule has 3 aliphatic rings. The summed E-state index contributed by atoms with van der Waals surface area (Å²) >= 11 is 0. The van der Waals surface area contributed by atoms with Gasteiger partial charge in [0.15, 0.2) is 0 Å². The van der Waals surface area contributed by atoms with E-state index < -0.39 is 5.97 Å². The molecule has 0 bridgehead atoms. The quantitative estimate of drug-likeness (QED) is 0.570. The zero-order chi connectivity index (χ0) is 22.8. The number of aromatic hydroxyl groups is 1. The first-order chi connectivity index (χ1) is 14.4. The van der Waals surface area contributed by atoms with Crippen molar-refractivity contribution in [2.45, 2.75) is 79.6 Å². The third kappa shape index (κ3) is 3.00. The number of aldehydes is 1. The fraction of sp³-hybridized carbons (Fsp3) is 0.704. The minimum absolute atomic E-state index is 0.0247. The Labute approximate surface area is 186 Å². The van der Waals surface area contributed by atoms with Gasteiger partial charge in [0.2, 0.25) is 0 Å². The highest BCUT2D eigenvalue weighted by molar-refractivity contribution is 5.88. The minimum atomic E-state index is -0.958. The number of fused-ring (bicyclic) bond motifs is 3. The van der Waals surface area contributed by atoms with Gasteiger partial charge in [0.05, 0.1) is 5.56 Å². The molecule has 7 atom stereocenters. The van der Waals surface area contributed by atoms with Crippen molar-refractivity contribution in [2.75, 3.05) is 0 Å². The summed E-state index contributed by atoms with van der Waals surface area (Å²) in [5.74, 6) is 0.742. The van der Waals surface area contributed by atoms with Gasteiger partial charge in [-0.25, -0.2) is 4.79 Å². The number of rotatable bonds is 4. The summed E-state index contributed by atoms with van der Waals surface area (Å²) in [5.41, 5.74) is 0.928. The highest BCUT2D eigenvalue weighted by Gasteiger charge is 2.66. The molecule has 0 amide bonds. The highest BCUT2D eigenvalue weighted by atomic mass is 16.4. The molecule has 3 fully saturated rings. The molecule has 4 nitrogen and oxygen atoms in total. The van der Waals surface area contributed by atoms with Gasteiger partial charge in [0.1, 0.15) is 12.0 Å². The zero-order valence-electron chi connectivity index (χ0n) is 19.7. The molecular formula is C27H38O4. The number of aromatic carboxylic acids is 1. The van der Waals surface area contributed by atoms with E-state index in [4.69, 9.17) is 0 Å². The predicted molar refractivity (Wildman–Crippen MR) is 121 cm³/mol. The molecule has 4 heteroatoms. The van der Waals surface area contributed by atoms with Crippen LogP contribution >= 0.6 is 0 Å². The van der Waals surface area contributed by atoms with Crippen molar-refractivity contribution >= 4 is 12.3 Å². The molecule has 31 heavy (non-hydrogen) atoms. The summed E-state index contributed by atoms with van der Waals surface area (Å²) in [5, 5.41) is 20.0. The maximum Gasteiger partial charge on any atom is 0.335 e. The van der Waals surface area contributed by atoms with Crippen LogP contribution in [0, 0.1) is 39.4 Å². The first kappa shape index (κ1) is 22.4. The Kier molecular flexibility index (Phi) is 5.11. The molecule has 0 aromatic heterocycles. The van der Waals surface area contributed by atoms with Crippen LogP contribution in [0.1, 0.15) is 89.1 Å². The van der Waals surface area contributed by atoms with Crippen LogP contribution in [0.25, 0.3) is 0 Å². The van der Waals surface area contributed by atoms with E-state index in [1.165, 1.54) is 24.8 Å². The minimum Gasteiger partial charge on any atom is -0.508 e. The molecule has 0 spiro atoms. The smallest absolute Gasteiger partial charge is 0.335 e. The number of carbonyl (C=O) groups excluding carboxylic acids is 1. The Bertz CT molecular complexity index is 908. The second-order valence-corrected chi connectivity index (χ2v) is 11.9. The summed E-state index contributed by atoms with van der Waals surface area (Å²) < 4.78 is 0. The summed E-state index contributed by atoms with van der Waals surface area (Å²) in [6, 6.07) is 4.66. The molecular weight excluding hydrogens is 388 g/mol. The summed E-state index contributed by atoms with van der Waals surface area (Å²) in [7, 11) is 0. The largest absolute Gasteiger partial charge is 0.508 e. The lowest BCUT2D eigenvalue weighted by Gasteiger charge is -2.65. The van der Waals surface area contributed by atoms with E-state index in [1.807, 2.05) is 0 Å². The van der Waals surface area contributed by atoms with E-state index in [0.717, 1.165) is 37.7 Å². The average molecular weight is 427 g/mol. The first-order valence-electron chi connectivity index (χ1n) is 11.9. The maximum absolute atomic E-state index is 12.1. The van der Waals surface area contributed by atoms with E-state index in [0.29, 0.717) is 24.2 Å². The van der Waals surface area contributed by atoms with Crippen molar-refractivity contribution in [3.8, 4) is 5.75 Å². The number of carbonyl (C=O) groups is 2. The van der Waals surface area contributed by atoms with Gasteiger partial charge in [-0.05, 0) is 103 Å². The highest BCUT2D eigenvalue weighted by Crippen LogP contribution is 2.73. The third-order valence-electron chi connectivity index (χ3n) is 10.8. The number of phenols is 1. The molecule has 2 N–H and O–H groups in total. The van der Waals surface area contributed by atoms with Gasteiger partial charge in [0, 0.05) is 5.41 Å². The zero-order valence-corrected chi connectivity index (χ0v) is 19.7. The molecule has 1 aromatic rings. The van der Waals surface area contributed by atoms with Crippen LogP contribution in [-0.2, 0) is 11.2 Å². The van der Waals surface area contributed by atoms with Gasteiger partial charge in [-0.1, -0.05) is 34.6 Å². The second kappa shape index (κ2) is 7.08. The van der Waals surface area contributed by atoms with E-state index in [-0.39, 0.29) is 33.0 Å². The van der Waals surface area contributed by atoms with Gasteiger partial charge in [0.25, 0.3) is 0 Å². The van der Waals surface area contributed by atoms with Crippen LogP contribution in [0.15, 0.2) is 18.2 Å². The Morgan fingerprint density at radius 1 is 1.06 bits per heavy atom. The molecule has 3 aliphatic carbocycles. The number of benzene rings is 1. The Balaban J connectivity index is 1.73.